The van der Waals surface area contributed by atoms with Crippen LogP contribution in [-0.4, -0.2) is 83.1 Å². The second-order valence-electron chi connectivity index (χ2n) is 11.2. The molecule has 2 fully saturated rings. The van der Waals surface area contributed by atoms with E-state index in [1.54, 1.807) is 33.1 Å². The molecule has 2 aromatic heterocycles. The van der Waals surface area contributed by atoms with Crippen LogP contribution in [0.25, 0.3) is 5.82 Å². The molecule has 0 radical (unpaired) electrons. The second-order valence-corrected chi connectivity index (χ2v) is 11.2. The number of likely N-dealkylation sites (tertiary alicyclic amines) is 2. The number of piperidine rings is 1. The summed E-state index contributed by atoms with van der Waals surface area (Å²) in [4.78, 5) is 39.8. The van der Waals surface area contributed by atoms with Crippen molar-refractivity contribution in [3.63, 3.8) is 0 Å². The van der Waals surface area contributed by atoms with E-state index in [-0.39, 0.29) is 24.6 Å². The summed E-state index contributed by atoms with van der Waals surface area (Å²) in [6, 6.07) is 0.121. The van der Waals surface area contributed by atoms with Crippen LogP contribution in [0, 0.1) is 5.41 Å². The first-order valence-electron chi connectivity index (χ1n) is 12.8. The molecule has 5 heterocycles. The van der Waals surface area contributed by atoms with E-state index in [0.717, 1.165) is 6.42 Å². The van der Waals surface area contributed by atoms with Gasteiger partial charge in [0.15, 0.2) is 0 Å². The zero-order valence-corrected chi connectivity index (χ0v) is 22.0. The molecule has 2 atom stereocenters. The fraction of sp³-hybridized carbons (Fsp3) is 0.640. The monoisotopic (exact) mass is 511 g/mol. The molecule has 2 unspecified atom stereocenters. The van der Waals surface area contributed by atoms with Gasteiger partial charge in [-0.25, -0.2) is 9.78 Å². The van der Waals surface area contributed by atoms with Gasteiger partial charge in [-0.2, -0.15) is 0 Å². The number of carbonyl (C=O) groups excluding carboxylic acids is 2. The Hall–Kier alpha value is -3.25. The Bertz CT molecular complexity index is 1210. The normalized spacial score (nSPS) is 23.2. The summed E-state index contributed by atoms with van der Waals surface area (Å²) in [7, 11) is 0. The average molecular weight is 512 g/mol. The standard InChI is InChI=1S/C25H35N8O4/c1-16(2)33-29-28-15-31(33)20-13-26-19(12-27-20)22(35)24(4,5)30-8-6-25(7-9-30)11-17(3)32(23(25)36)18-10-21(34)37-14-18/h10,12-13,15-17,22,35H,6-9,11,14H2,1-5H3/q+1. The number of cyclic esters (lactones) is 1. The maximum atomic E-state index is 13.5. The molecule has 198 valence electrons. The quantitative estimate of drug-likeness (QED) is 0.444. The molecule has 3 aliphatic heterocycles. The van der Waals surface area contributed by atoms with E-state index < -0.39 is 23.0 Å². The number of nitrogens with zero attached hydrogens (tertiary/aromatic N) is 8. The zero-order valence-electron chi connectivity index (χ0n) is 22.0. The maximum absolute atomic E-state index is 13.5. The second kappa shape index (κ2) is 9.25. The van der Waals surface area contributed by atoms with E-state index in [4.69, 9.17) is 4.74 Å². The van der Waals surface area contributed by atoms with Gasteiger partial charge in [0.2, 0.25) is 5.91 Å². The number of carbonyl (C=O) groups is 2. The number of hydrogen-bond acceptors (Lipinski definition) is 9. The summed E-state index contributed by atoms with van der Waals surface area (Å²) < 4.78 is 6.76. The molecule has 1 amide bonds. The number of ether oxygens (including phenoxy) is 1. The first-order valence-corrected chi connectivity index (χ1v) is 12.8. The number of hydrogen-bond donors (Lipinski definition) is 1. The summed E-state index contributed by atoms with van der Waals surface area (Å²) in [6.07, 6.45) is 7.48. The van der Waals surface area contributed by atoms with Crippen LogP contribution >= 0.6 is 0 Å². The fourth-order valence-corrected chi connectivity index (χ4v) is 5.91. The average Bonchev–Trinajstić information content (AvgIpc) is 3.58. The third-order valence-corrected chi connectivity index (χ3v) is 8.12. The Kier molecular flexibility index (Phi) is 6.35. The van der Waals surface area contributed by atoms with Gasteiger partial charge in [-0.15, -0.1) is 9.67 Å². The molecule has 0 aromatic carbocycles. The molecule has 2 saturated heterocycles. The topological polar surface area (TPSA) is 130 Å². The Morgan fingerprint density at radius 1 is 1.19 bits per heavy atom. The molecular weight excluding hydrogens is 476 g/mol. The van der Waals surface area contributed by atoms with Gasteiger partial charge in [-0.3, -0.25) is 9.69 Å². The highest BCUT2D eigenvalue weighted by atomic mass is 16.5. The lowest BCUT2D eigenvalue weighted by atomic mass is 9.74. The van der Waals surface area contributed by atoms with Gasteiger partial charge in [-0.05, 0) is 67.0 Å². The van der Waals surface area contributed by atoms with Crippen LogP contribution in [0.4, 0.5) is 0 Å². The lowest BCUT2D eigenvalue weighted by Gasteiger charge is -2.47. The Labute approximate surface area is 215 Å². The van der Waals surface area contributed by atoms with E-state index in [2.05, 4.69) is 25.2 Å². The third kappa shape index (κ3) is 4.31. The summed E-state index contributed by atoms with van der Waals surface area (Å²) in [5, 5.41) is 19.3. The maximum Gasteiger partial charge on any atom is 0.333 e. The van der Waals surface area contributed by atoms with E-state index >= 15 is 0 Å². The molecule has 2 aromatic rings. The number of aromatic nitrogens is 6. The lowest BCUT2D eigenvalue weighted by Crippen LogP contribution is -2.54. The van der Waals surface area contributed by atoms with Crippen LogP contribution in [0.2, 0.25) is 0 Å². The number of aliphatic hydroxyl groups is 1. The van der Waals surface area contributed by atoms with E-state index in [9.17, 15) is 14.7 Å². The predicted molar refractivity (Wildman–Crippen MR) is 130 cm³/mol. The van der Waals surface area contributed by atoms with Crippen molar-refractivity contribution in [3.8, 4) is 5.82 Å². The molecule has 0 aliphatic carbocycles. The predicted octanol–water partition coefficient (Wildman–Crippen LogP) is 0.881. The van der Waals surface area contributed by atoms with Crippen molar-refractivity contribution in [1.82, 2.24) is 34.9 Å². The van der Waals surface area contributed by atoms with Crippen molar-refractivity contribution in [2.45, 2.75) is 77.6 Å². The minimum atomic E-state index is -0.872. The summed E-state index contributed by atoms with van der Waals surface area (Å²) in [5.74, 6) is 0.255. The van der Waals surface area contributed by atoms with Crippen LogP contribution < -0.4 is 4.68 Å². The molecule has 5 rings (SSSR count). The van der Waals surface area contributed by atoms with Gasteiger partial charge in [0.25, 0.3) is 12.1 Å². The van der Waals surface area contributed by atoms with Crippen LogP contribution in [0.5, 0.6) is 0 Å². The number of esters is 1. The Morgan fingerprint density at radius 3 is 2.51 bits per heavy atom. The number of tetrazole rings is 1. The molecule has 37 heavy (non-hydrogen) atoms. The Morgan fingerprint density at radius 2 is 1.92 bits per heavy atom. The minimum absolute atomic E-state index is 0.0206. The van der Waals surface area contributed by atoms with Crippen molar-refractivity contribution in [3.05, 3.63) is 36.2 Å². The minimum Gasteiger partial charge on any atom is -0.456 e. The smallest absolute Gasteiger partial charge is 0.333 e. The highest BCUT2D eigenvalue weighted by Gasteiger charge is 2.54. The first kappa shape index (κ1) is 25.4. The summed E-state index contributed by atoms with van der Waals surface area (Å²) in [5.41, 5.74) is 0.0702. The number of rotatable bonds is 6. The van der Waals surface area contributed by atoms with Gasteiger partial charge >= 0.3 is 5.97 Å². The third-order valence-electron chi connectivity index (χ3n) is 8.12. The van der Waals surface area contributed by atoms with Crippen LogP contribution in [0.15, 0.2) is 30.5 Å². The Balaban J connectivity index is 1.27. The molecular formula is C25H35N8O4+. The van der Waals surface area contributed by atoms with Gasteiger partial charge in [-0.1, -0.05) is 4.80 Å². The summed E-state index contributed by atoms with van der Waals surface area (Å²) in [6.45, 7) is 11.5. The first-order chi connectivity index (χ1) is 17.5. The molecule has 3 aliphatic rings. The molecule has 0 bridgehead atoms. The fourth-order valence-electron chi connectivity index (χ4n) is 5.91. The van der Waals surface area contributed by atoms with Crippen LogP contribution in [0.3, 0.4) is 0 Å². The van der Waals surface area contributed by atoms with Gasteiger partial charge < -0.3 is 14.7 Å². The number of aliphatic hydroxyl groups excluding tert-OH is 1. The van der Waals surface area contributed by atoms with Crippen molar-refractivity contribution in [2.24, 2.45) is 5.41 Å². The van der Waals surface area contributed by atoms with Crippen LogP contribution in [0.1, 0.15) is 71.7 Å². The van der Waals surface area contributed by atoms with Crippen LogP contribution in [-0.2, 0) is 14.3 Å². The number of amides is 1. The molecule has 0 saturated carbocycles. The van der Waals surface area contributed by atoms with E-state index in [1.165, 1.54) is 6.08 Å². The lowest BCUT2D eigenvalue weighted by molar-refractivity contribution is -0.697. The molecule has 12 nitrogen and oxygen atoms in total. The van der Waals surface area contributed by atoms with E-state index in [1.807, 2.05) is 34.6 Å². The zero-order chi connectivity index (χ0) is 26.5. The molecule has 1 N–H and O–H groups in total. The SMILES string of the molecule is CC1CC2(CCN(C(C)(C)C(O)c3cnc(-[n+]4cnnn4C(C)C)cn3)CC2)C(=O)N1C1=CC(=O)OC1. The largest absolute Gasteiger partial charge is 0.456 e. The highest BCUT2D eigenvalue weighted by molar-refractivity contribution is 5.91. The van der Waals surface area contributed by atoms with Crippen molar-refractivity contribution in [2.75, 3.05) is 19.7 Å². The van der Waals surface area contributed by atoms with Gasteiger partial charge in [0.1, 0.15) is 29.8 Å². The highest BCUT2D eigenvalue weighted by Crippen LogP contribution is 2.47. The molecule has 1 spiro atoms. The summed E-state index contributed by atoms with van der Waals surface area (Å²) >= 11 is 0. The van der Waals surface area contributed by atoms with E-state index in [0.29, 0.717) is 43.1 Å². The van der Waals surface area contributed by atoms with Gasteiger partial charge in [0, 0.05) is 22.8 Å². The van der Waals surface area contributed by atoms with Crippen molar-refractivity contribution < 1.29 is 24.1 Å². The van der Waals surface area contributed by atoms with Crippen molar-refractivity contribution in [1.29, 1.82) is 0 Å². The van der Waals surface area contributed by atoms with Crippen molar-refractivity contribution >= 4 is 11.9 Å². The van der Waals surface area contributed by atoms with Gasteiger partial charge in [0.05, 0.1) is 23.4 Å². The molecule has 12 heteroatoms.